The predicted octanol–water partition coefficient (Wildman–Crippen LogP) is 2.16. The summed E-state index contributed by atoms with van der Waals surface area (Å²) >= 11 is 0. The van der Waals surface area contributed by atoms with Crippen LogP contribution in [0, 0.1) is 0 Å². The molecule has 2 rings (SSSR count). The standard InChI is InChI=1S/C20H22N2O5S/c1-15(23)21-19(13-16-8-5-4-6-9-16)20(24)27-14-17-10-7-11-18(12-17)28(25,26)22(2)3/h4-13H,14H2,1-3H3,(H,21,23)/b19-13-. The minimum Gasteiger partial charge on any atom is -0.456 e. The van der Waals surface area contributed by atoms with Gasteiger partial charge in [-0.25, -0.2) is 17.5 Å². The molecule has 0 aliphatic heterocycles. The van der Waals surface area contributed by atoms with Gasteiger partial charge in [-0.05, 0) is 29.3 Å². The van der Waals surface area contributed by atoms with Crippen LogP contribution in [-0.4, -0.2) is 38.7 Å². The van der Waals surface area contributed by atoms with Crippen molar-refractivity contribution in [2.45, 2.75) is 18.4 Å². The van der Waals surface area contributed by atoms with E-state index in [1.165, 1.54) is 39.2 Å². The minimum absolute atomic E-state index is 0.00392. The van der Waals surface area contributed by atoms with Gasteiger partial charge in [0.05, 0.1) is 4.90 Å². The third-order valence-corrected chi connectivity index (χ3v) is 5.50. The Bertz CT molecular complexity index is 983. The van der Waals surface area contributed by atoms with Crippen LogP contribution >= 0.6 is 0 Å². The Morgan fingerprint density at radius 2 is 1.75 bits per heavy atom. The number of rotatable bonds is 7. The van der Waals surface area contributed by atoms with Crippen LogP contribution in [0.2, 0.25) is 0 Å². The summed E-state index contributed by atoms with van der Waals surface area (Å²) in [5.41, 5.74) is 1.23. The fourth-order valence-corrected chi connectivity index (χ4v) is 3.26. The van der Waals surface area contributed by atoms with Crippen LogP contribution in [0.4, 0.5) is 0 Å². The van der Waals surface area contributed by atoms with Crippen molar-refractivity contribution in [3.63, 3.8) is 0 Å². The van der Waals surface area contributed by atoms with E-state index in [0.29, 0.717) is 5.56 Å². The van der Waals surface area contributed by atoms with Crippen LogP contribution in [0.3, 0.4) is 0 Å². The van der Waals surface area contributed by atoms with Gasteiger partial charge in [0.25, 0.3) is 0 Å². The molecule has 0 fully saturated rings. The van der Waals surface area contributed by atoms with E-state index in [-0.39, 0.29) is 17.2 Å². The molecule has 0 saturated carbocycles. The lowest BCUT2D eigenvalue weighted by atomic mass is 10.2. The summed E-state index contributed by atoms with van der Waals surface area (Å²) in [7, 11) is -0.705. The molecule has 1 amide bonds. The number of benzene rings is 2. The van der Waals surface area contributed by atoms with Crippen molar-refractivity contribution >= 4 is 28.0 Å². The summed E-state index contributed by atoms with van der Waals surface area (Å²) in [6.07, 6.45) is 1.51. The number of amides is 1. The van der Waals surface area contributed by atoms with Crippen molar-refractivity contribution in [3.05, 3.63) is 71.4 Å². The number of carbonyl (C=O) groups is 2. The lowest BCUT2D eigenvalue weighted by Crippen LogP contribution is -2.26. The van der Waals surface area contributed by atoms with Crippen LogP contribution in [0.15, 0.2) is 65.2 Å². The number of hydrogen-bond acceptors (Lipinski definition) is 5. The molecule has 28 heavy (non-hydrogen) atoms. The number of nitrogens with one attached hydrogen (secondary N) is 1. The summed E-state index contributed by atoms with van der Waals surface area (Å²) < 4.78 is 30.8. The molecule has 0 unspecified atom stereocenters. The molecule has 7 nitrogen and oxygen atoms in total. The van der Waals surface area contributed by atoms with Crippen molar-refractivity contribution in [1.29, 1.82) is 0 Å². The molecule has 0 aliphatic rings. The molecule has 2 aromatic carbocycles. The fraction of sp³-hybridized carbons (Fsp3) is 0.200. The average molecular weight is 402 g/mol. The largest absolute Gasteiger partial charge is 0.456 e. The molecule has 0 radical (unpaired) electrons. The Labute approximate surface area is 164 Å². The summed E-state index contributed by atoms with van der Waals surface area (Å²) in [6, 6.07) is 15.2. The van der Waals surface area contributed by atoms with Gasteiger partial charge < -0.3 is 10.1 Å². The Hall–Kier alpha value is -2.97. The summed E-state index contributed by atoms with van der Waals surface area (Å²) in [4.78, 5) is 23.9. The zero-order valence-electron chi connectivity index (χ0n) is 15.9. The maximum Gasteiger partial charge on any atom is 0.355 e. The monoisotopic (exact) mass is 402 g/mol. The quantitative estimate of drug-likeness (QED) is 0.566. The van der Waals surface area contributed by atoms with E-state index in [0.717, 1.165) is 9.87 Å². The van der Waals surface area contributed by atoms with E-state index < -0.39 is 21.9 Å². The third-order valence-electron chi connectivity index (χ3n) is 3.69. The Morgan fingerprint density at radius 1 is 1.07 bits per heavy atom. The molecule has 2 aromatic rings. The van der Waals surface area contributed by atoms with E-state index in [1.807, 2.05) is 6.07 Å². The van der Waals surface area contributed by atoms with Gasteiger partial charge in [0.2, 0.25) is 15.9 Å². The molecular weight excluding hydrogens is 380 g/mol. The zero-order chi connectivity index (χ0) is 20.7. The molecule has 8 heteroatoms. The smallest absolute Gasteiger partial charge is 0.355 e. The Kier molecular flexibility index (Phi) is 7.08. The van der Waals surface area contributed by atoms with E-state index in [1.54, 1.807) is 36.4 Å². The number of sulfonamides is 1. The molecule has 0 spiro atoms. The Morgan fingerprint density at radius 3 is 2.36 bits per heavy atom. The second-order valence-corrected chi connectivity index (χ2v) is 8.31. The predicted molar refractivity (Wildman–Crippen MR) is 105 cm³/mol. The van der Waals surface area contributed by atoms with Crippen LogP contribution in [0.5, 0.6) is 0 Å². The highest BCUT2D eigenvalue weighted by molar-refractivity contribution is 7.89. The first kappa shape index (κ1) is 21.3. The van der Waals surface area contributed by atoms with Crippen LogP contribution in [-0.2, 0) is 31.0 Å². The number of hydrogen-bond donors (Lipinski definition) is 1. The summed E-state index contributed by atoms with van der Waals surface area (Å²) in [5.74, 6) is -1.13. The number of ether oxygens (including phenoxy) is 1. The van der Waals surface area contributed by atoms with Crippen LogP contribution in [0.25, 0.3) is 6.08 Å². The molecule has 0 aliphatic carbocycles. The molecule has 0 bridgehead atoms. The van der Waals surface area contributed by atoms with Gasteiger partial charge in [0.1, 0.15) is 12.3 Å². The van der Waals surface area contributed by atoms with Crippen molar-refractivity contribution in [2.24, 2.45) is 0 Å². The first-order chi connectivity index (χ1) is 13.2. The maximum atomic E-state index is 12.4. The molecule has 148 valence electrons. The van der Waals surface area contributed by atoms with E-state index >= 15 is 0 Å². The number of esters is 1. The minimum atomic E-state index is -3.59. The molecule has 0 saturated heterocycles. The number of carbonyl (C=O) groups excluding carboxylic acids is 2. The van der Waals surface area contributed by atoms with E-state index in [9.17, 15) is 18.0 Å². The van der Waals surface area contributed by atoms with Crippen LogP contribution in [0.1, 0.15) is 18.1 Å². The Balaban J connectivity index is 2.17. The van der Waals surface area contributed by atoms with Gasteiger partial charge >= 0.3 is 5.97 Å². The third kappa shape index (κ3) is 5.77. The van der Waals surface area contributed by atoms with Gasteiger partial charge in [-0.15, -0.1) is 0 Å². The van der Waals surface area contributed by atoms with Crippen molar-refractivity contribution in [2.75, 3.05) is 14.1 Å². The highest BCUT2D eigenvalue weighted by atomic mass is 32.2. The molecule has 0 atom stereocenters. The fourth-order valence-electron chi connectivity index (χ4n) is 2.28. The summed E-state index contributed by atoms with van der Waals surface area (Å²) in [6.45, 7) is 1.16. The van der Waals surface area contributed by atoms with Gasteiger partial charge in [0.15, 0.2) is 0 Å². The van der Waals surface area contributed by atoms with E-state index in [2.05, 4.69) is 5.32 Å². The summed E-state index contributed by atoms with van der Waals surface area (Å²) in [5, 5.41) is 2.46. The topological polar surface area (TPSA) is 92.8 Å². The van der Waals surface area contributed by atoms with Crippen molar-refractivity contribution in [1.82, 2.24) is 9.62 Å². The first-order valence-electron chi connectivity index (χ1n) is 8.43. The first-order valence-corrected chi connectivity index (χ1v) is 9.87. The highest BCUT2D eigenvalue weighted by Gasteiger charge is 2.18. The maximum absolute atomic E-state index is 12.4. The van der Waals surface area contributed by atoms with Crippen molar-refractivity contribution < 1.29 is 22.7 Å². The van der Waals surface area contributed by atoms with E-state index in [4.69, 9.17) is 4.74 Å². The van der Waals surface area contributed by atoms with Gasteiger partial charge in [-0.2, -0.15) is 0 Å². The average Bonchev–Trinajstić information content (AvgIpc) is 2.66. The van der Waals surface area contributed by atoms with Gasteiger partial charge in [-0.1, -0.05) is 42.5 Å². The normalized spacial score (nSPS) is 11.9. The molecular formula is C20H22N2O5S. The van der Waals surface area contributed by atoms with Crippen molar-refractivity contribution in [3.8, 4) is 0 Å². The van der Waals surface area contributed by atoms with Gasteiger partial charge in [0, 0.05) is 21.0 Å². The lowest BCUT2D eigenvalue weighted by molar-refractivity contribution is -0.141. The zero-order valence-corrected chi connectivity index (χ0v) is 16.7. The highest BCUT2D eigenvalue weighted by Crippen LogP contribution is 2.16. The molecule has 1 N–H and O–H groups in total. The lowest BCUT2D eigenvalue weighted by Gasteiger charge is -2.13. The van der Waals surface area contributed by atoms with Gasteiger partial charge in [-0.3, -0.25) is 4.79 Å². The van der Waals surface area contributed by atoms with Crippen LogP contribution < -0.4 is 5.32 Å². The second-order valence-electron chi connectivity index (χ2n) is 6.16. The SMILES string of the molecule is CC(=O)N/C(=C\c1ccccc1)C(=O)OCc1cccc(S(=O)(=O)N(C)C)c1. The molecule has 0 aromatic heterocycles. The second kappa shape index (κ2) is 9.29. The molecule has 0 heterocycles. The number of nitrogens with zero attached hydrogens (tertiary/aromatic N) is 1.